The van der Waals surface area contributed by atoms with Gasteiger partial charge in [0.1, 0.15) is 29.9 Å². The molecule has 12 nitrogen and oxygen atoms in total. The standard InChI is InChI=1S/C35H39N3O9/c1-45-25-10-12-26(13-11-25)47-35(44)37-27-14-9-23-15-16-38-20-24(18-29(39)32(27)33(23)38)34(43)36-28(19-31(41)42)30(40)21-46-17-5-8-22-6-3-2-4-7-22/h2-4,6-7,10-13,15-16,24,27-28,32H,5,8-9,14,17-21H2,1H3,(H,36,43)(H,37,44)(H,41,42). The van der Waals surface area contributed by atoms with Gasteiger partial charge in [-0.1, -0.05) is 30.3 Å². The fourth-order valence-electron chi connectivity index (χ4n) is 6.26. The van der Waals surface area contributed by atoms with Gasteiger partial charge in [-0.3, -0.25) is 19.2 Å². The molecule has 1 aliphatic carbocycles. The molecular weight excluding hydrogens is 606 g/mol. The van der Waals surface area contributed by atoms with Crippen LogP contribution in [0.2, 0.25) is 0 Å². The van der Waals surface area contributed by atoms with Crippen LogP contribution in [0.25, 0.3) is 0 Å². The average Bonchev–Trinajstić information content (AvgIpc) is 3.39. The van der Waals surface area contributed by atoms with Crippen LogP contribution in [0.3, 0.4) is 0 Å². The molecule has 12 heteroatoms. The highest BCUT2D eigenvalue weighted by atomic mass is 16.6. The number of hydrogen-bond acceptors (Lipinski definition) is 8. The molecule has 0 radical (unpaired) electrons. The number of carboxylic acid groups (broad SMARTS) is 1. The lowest BCUT2D eigenvalue weighted by molar-refractivity contribution is -0.141. The Hall–Kier alpha value is -4.97. The molecule has 1 aromatic heterocycles. The second-order valence-electron chi connectivity index (χ2n) is 11.8. The SMILES string of the molecule is COc1ccc(OC(=O)NC2CCc3ccn4c3C2C(=O)CC(C(=O)NC(CC(=O)O)C(=O)COCCCc2ccccc2)C4)cc1. The van der Waals surface area contributed by atoms with Crippen molar-refractivity contribution in [3.05, 3.63) is 83.7 Å². The van der Waals surface area contributed by atoms with E-state index in [0.717, 1.165) is 23.2 Å². The van der Waals surface area contributed by atoms with Gasteiger partial charge in [0.2, 0.25) is 5.91 Å². The molecule has 0 fully saturated rings. The molecule has 0 saturated heterocycles. The summed E-state index contributed by atoms with van der Waals surface area (Å²) in [6, 6.07) is 16.4. The fourth-order valence-corrected chi connectivity index (χ4v) is 6.26. The Kier molecular flexibility index (Phi) is 11.0. The smallest absolute Gasteiger partial charge is 0.412 e. The molecule has 248 valence electrons. The molecule has 0 bridgehead atoms. The molecule has 47 heavy (non-hydrogen) atoms. The Bertz CT molecular complexity index is 1590. The first-order valence-electron chi connectivity index (χ1n) is 15.7. The summed E-state index contributed by atoms with van der Waals surface area (Å²) in [5.41, 5.74) is 2.85. The van der Waals surface area contributed by atoms with Crippen molar-refractivity contribution in [2.75, 3.05) is 20.3 Å². The number of carboxylic acids is 1. The molecule has 3 N–H and O–H groups in total. The minimum absolute atomic E-state index is 0.146. The van der Waals surface area contributed by atoms with Crippen molar-refractivity contribution >= 4 is 29.5 Å². The maximum absolute atomic E-state index is 13.8. The van der Waals surface area contributed by atoms with Gasteiger partial charge in [0.15, 0.2) is 5.78 Å². The quantitative estimate of drug-likeness (QED) is 0.223. The zero-order valence-electron chi connectivity index (χ0n) is 26.2. The minimum Gasteiger partial charge on any atom is -0.497 e. The molecule has 4 atom stereocenters. The van der Waals surface area contributed by atoms with E-state index in [2.05, 4.69) is 10.6 Å². The number of carbonyl (C=O) groups excluding carboxylic acids is 4. The third-order valence-corrected chi connectivity index (χ3v) is 8.60. The molecule has 0 spiro atoms. The maximum Gasteiger partial charge on any atom is 0.412 e. The van der Waals surface area contributed by atoms with Crippen LogP contribution in [0.4, 0.5) is 4.79 Å². The highest BCUT2D eigenvalue weighted by molar-refractivity contribution is 5.96. The van der Waals surface area contributed by atoms with Crippen molar-refractivity contribution in [2.45, 2.75) is 63.1 Å². The van der Waals surface area contributed by atoms with E-state index in [0.29, 0.717) is 37.4 Å². The Labute approximate surface area is 272 Å². The Balaban J connectivity index is 1.20. The van der Waals surface area contributed by atoms with Gasteiger partial charge in [0, 0.05) is 37.5 Å². The van der Waals surface area contributed by atoms with Crippen molar-refractivity contribution in [1.29, 1.82) is 0 Å². The normalized spacial score (nSPS) is 19.1. The Morgan fingerprint density at radius 3 is 2.49 bits per heavy atom. The molecule has 5 rings (SSSR count). The van der Waals surface area contributed by atoms with Crippen LogP contribution in [0.5, 0.6) is 11.5 Å². The van der Waals surface area contributed by atoms with E-state index in [9.17, 15) is 29.1 Å². The number of carbonyl (C=O) groups is 5. The van der Waals surface area contributed by atoms with Gasteiger partial charge < -0.3 is 34.5 Å². The number of methoxy groups -OCH3 is 1. The maximum atomic E-state index is 13.8. The van der Waals surface area contributed by atoms with Crippen LogP contribution < -0.4 is 20.1 Å². The van der Waals surface area contributed by atoms with Gasteiger partial charge in [-0.05, 0) is 67.1 Å². The first kappa shape index (κ1) is 33.4. The predicted octanol–water partition coefficient (Wildman–Crippen LogP) is 3.45. The topological polar surface area (TPSA) is 162 Å². The summed E-state index contributed by atoms with van der Waals surface area (Å²) >= 11 is 0. The number of ether oxygens (including phenoxy) is 3. The molecule has 2 heterocycles. The van der Waals surface area contributed by atoms with Gasteiger partial charge in [-0.25, -0.2) is 4.79 Å². The summed E-state index contributed by atoms with van der Waals surface area (Å²) < 4.78 is 17.9. The van der Waals surface area contributed by atoms with Crippen LogP contribution >= 0.6 is 0 Å². The number of benzene rings is 2. The number of ketones is 2. The molecule has 0 saturated carbocycles. The van der Waals surface area contributed by atoms with Crippen molar-refractivity contribution < 1.29 is 43.3 Å². The monoisotopic (exact) mass is 645 g/mol. The average molecular weight is 646 g/mol. The summed E-state index contributed by atoms with van der Waals surface area (Å²) in [4.78, 5) is 64.6. The number of nitrogens with one attached hydrogen (secondary N) is 2. The highest BCUT2D eigenvalue weighted by Gasteiger charge is 2.42. The van der Waals surface area contributed by atoms with Gasteiger partial charge >= 0.3 is 12.1 Å². The van der Waals surface area contributed by atoms with Crippen molar-refractivity contribution in [3.8, 4) is 11.5 Å². The number of amides is 2. The number of aliphatic carboxylic acids is 1. The molecule has 3 aromatic rings. The van der Waals surface area contributed by atoms with Crippen LogP contribution in [-0.2, 0) is 43.3 Å². The van der Waals surface area contributed by atoms with E-state index >= 15 is 0 Å². The summed E-state index contributed by atoms with van der Waals surface area (Å²) in [7, 11) is 1.53. The van der Waals surface area contributed by atoms with E-state index in [4.69, 9.17) is 14.2 Å². The van der Waals surface area contributed by atoms with Gasteiger partial charge in [0.05, 0.1) is 25.4 Å². The summed E-state index contributed by atoms with van der Waals surface area (Å²) in [6.45, 7) is 0.120. The summed E-state index contributed by atoms with van der Waals surface area (Å²) in [5, 5.41) is 14.9. The first-order chi connectivity index (χ1) is 22.7. The number of rotatable bonds is 14. The van der Waals surface area contributed by atoms with E-state index in [1.165, 1.54) is 7.11 Å². The molecule has 4 unspecified atom stereocenters. The van der Waals surface area contributed by atoms with Crippen molar-refractivity contribution in [1.82, 2.24) is 15.2 Å². The van der Waals surface area contributed by atoms with Crippen LogP contribution in [0.1, 0.15) is 48.4 Å². The second kappa shape index (κ2) is 15.5. The first-order valence-corrected chi connectivity index (χ1v) is 15.7. The Morgan fingerprint density at radius 1 is 1.02 bits per heavy atom. The third kappa shape index (κ3) is 8.64. The zero-order valence-corrected chi connectivity index (χ0v) is 26.2. The van der Waals surface area contributed by atoms with Crippen LogP contribution in [-0.4, -0.2) is 71.6 Å². The van der Waals surface area contributed by atoms with E-state index in [1.54, 1.807) is 24.3 Å². The predicted molar refractivity (Wildman–Crippen MR) is 169 cm³/mol. The lowest BCUT2D eigenvalue weighted by Crippen LogP contribution is -2.47. The van der Waals surface area contributed by atoms with Crippen molar-refractivity contribution in [2.24, 2.45) is 5.92 Å². The summed E-state index contributed by atoms with van der Waals surface area (Å²) in [5.74, 6) is -3.25. The molecule has 2 aromatic carbocycles. The fraction of sp³-hybridized carbons (Fsp3) is 0.400. The molecule has 2 aliphatic rings. The molecule has 2 amide bonds. The number of hydrogen-bond donors (Lipinski definition) is 3. The largest absolute Gasteiger partial charge is 0.497 e. The number of aryl methyl sites for hydroxylation is 2. The van der Waals surface area contributed by atoms with Crippen molar-refractivity contribution in [3.63, 3.8) is 0 Å². The summed E-state index contributed by atoms with van der Waals surface area (Å²) in [6.07, 6.45) is 2.93. The van der Waals surface area contributed by atoms with E-state index in [-0.39, 0.29) is 25.4 Å². The second-order valence-corrected chi connectivity index (χ2v) is 11.8. The number of nitrogens with zero attached hydrogens (tertiary/aromatic N) is 1. The van der Waals surface area contributed by atoms with E-state index in [1.807, 2.05) is 47.2 Å². The zero-order chi connectivity index (χ0) is 33.3. The molecule has 1 aliphatic heterocycles. The van der Waals surface area contributed by atoms with E-state index < -0.39 is 54.1 Å². The number of Topliss-reactive ketones (excluding diaryl/α,β-unsaturated/α-hetero) is 2. The number of aromatic nitrogens is 1. The van der Waals surface area contributed by atoms with Crippen LogP contribution in [0, 0.1) is 5.92 Å². The van der Waals surface area contributed by atoms with Gasteiger partial charge in [0.25, 0.3) is 0 Å². The Morgan fingerprint density at radius 2 is 1.77 bits per heavy atom. The lowest BCUT2D eigenvalue weighted by Gasteiger charge is -2.31. The van der Waals surface area contributed by atoms with Crippen LogP contribution in [0.15, 0.2) is 66.9 Å². The molecular formula is C35H39N3O9. The van der Waals surface area contributed by atoms with Gasteiger partial charge in [-0.15, -0.1) is 0 Å². The van der Waals surface area contributed by atoms with Gasteiger partial charge in [-0.2, -0.15) is 0 Å². The third-order valence-electron chi connectivity index (χ3n) is 8.60. The lowest BCUT2D eigenvalue weighted by atomic mass is 9.79. The highest BCUT2D eigenvalue weighted by Crippen LogP contribution is 2.38. The minimum atomic E-state index is -1.30.